The van der Waals surface area contributed by atoms with Gasteiger partial charge in [0.05, 0.1) is 0 Å². The number of halogens is 1. The van der Waals surface area contributed by atoms with Crippen molar-refractivity contribution in [3.8, 4) is 11.5 Å². The maximum absolute atomic E-state index is 9.40. The van der Waals surface area contributed by atoms with Crippen molar-refractivity contribution >= 4 is 21.6 Å². The molecule has 0 saturated carbocycles. The Kier molecular flexibility index (Phi) is 3.77. The van der Waals surface area contributed by atoms with Gasteiger partial charge in [0.2, 0.25) is 0 Å². The number of phenolic OH excluding ortho intramolecular Hbond substituents is 2. The molecule has 0 unspecified atom stereocenters. The van der Waals surface area contributed by atoms with Crippen LogP contribution in [0.15, 0.2) is 40.9 Å². The highest BCUT2D eigenvalue weighted by Crippen LogP contribution is 2.26. The zero-order valence-corrected chi connectivity index (χ0v) is 11.5. The van der Waals surface area contributed by atoms with Crippen LogP contribution in [0.1, 0.15) is 11.1 Å². The predicted molar refractivity (Wildman–Crippen MR) is 76.0 cm³/mol. The zero-order chi connectivity index (χ0) is 13.1. The molecule has 2 rings (SSSR count). The molecule has 0 heterocycles. The molecular weight excluding hydrogens is 294 g/mol. The molecule has 94 valence electrons. The van der Waals surface area contributed by atoms with Crippen molar-refractivity contribution in [3.05, 3.63) is 52.0 Å². The summed E-state index contributed by atoms with van der Waals surface area (Å²) in [7, 11) is 0. The van der Waals surface area contributed by atoms with Crippen molar-refractivity contribution in [3.63, 3.8) is 0 Å². The minimum atomic E-state index is -0.0985. The van der Waals surface area contributed by atoms with Crippen molar-refractivity contribution in [2.24, 2.45) is 0 Å². The Bertz CT molecular complexity index is 570. The second-order valence-electron chi connectivity index (χ2n) is 4.14. The molecule has 0 radical (unpaired) electrons. The van der Waals surface area contributed by atoms with Crippen LogP contribution >= 0.6 is 15.9 Å². The molecule has 4 heteroatoms. The Labute approximate surface area is 114 Å². The van der Waals surface area contributed by atoms with E-state index in [-0.39, 0.29) is 11.5 Å². The summed E-state index contributed by atoms with van der Waals surface area (Å²) in [6.45, 7) is 2.62. The van der Waals surface area contributed by atoms with Crippen molar-refractivity contribution in [1.82, 2.24) is 0 Å². The van der Waals surface area contributed by atoms with Crippen LogP contribution in [-0.2, 0) is 6.54 Å². The van der Waals surface area contributed by atoms with E-state index in [0.717, 1.165) is 21.3 Å². The van der Waals surface area contributed by atoms with E-state index in [9.17, 15) is 10.2 Å². The summed E-state index contributed by atoms with van der Waals surface area (Å²) < 4.78 is 1.05. The van der Waals surface area contributed by atoms with E-state index in [1.165, 1.54) is 6.07 Å². The van der Waals surface area contributed by atoms with Gasteiger partial charge in [-0.05, 0) is 48.4 Å². The monoisotopic (exact) mass is 307 g/mol. The van der Waals surface area contributed by atoms with Gasteiger partial charge < -0.3 is 15.5 Å². The molecule has 0 spiro atoms. The molecule has 0 aliphatic rings. The molecule has 3 N–H and O–H groups in total. The van der Waals surface area contributed by atoms with Crippen LogP contribution in [0, 0.1) is 6.92 Å². The average molecular weight is 308 g/mol. The minimum Gasteiger partial charge on any atom is -0.504 e. The highest BCUT2D eigenvalue weighted by Gasteiger charge is 2.02. The predicted octanol–water partition coefficient (Wildman–Crippen LogP) is 3.78. The molecule has 3 nitrogen and oxygen atoms in total. The Balaban J connectivity index is 2.09. The summed E-state index contributed by atoms with van der Waals surface area (Å²) in [6, 6.07) is 10.8. The summed E-state index contributed by atoms with van der Waals surface area (Å²) >= 11 is 3.42. The molecule has 0 saturated heterocycles. The van der Waals surface area contributed by atoms with E-state index in [4.69, 9.17) is 0 Å². The third-order valence-electron chi connectivity index (χ3n) is 2.71. The summed E-state index contributed by atoms with van der Waals surface area (Å²) in [4.78, 5) is 0. The van der Waals surface area contributed by atoms with E-state index >= 15 is 0 Å². The third kappa shape index (κ3) is 2.96. The SMILES string of the molecule is Cc1cc(Br)ccc1NCc1ccc(O)c(O)c1. The van der Waals surface area contributed by atoms with E-state index < -0.39 is 0 Å². The van der Waals surface area contributed by atoms with Gasteiger partial charge in [-0.15, -0.1) is 0 Å². The first-order valence-corrected chi connectivity index (χ1v) is 6.36. The maximum atomic E-state index is 9.40. The number of rotatable bonds is 3. The fraction of sp³-hybridized carbons (Fsp3) is 0.143. The number of phenols is 2. The van der Waals surface area contributed by atoms with Gasteiger partial charge in [0, 0.05) is 16.7 Å². The molecule has 0 amide bonds. The van der Waals surface area contributed by atoms with E-state index in [2.05, 4.69) is 21.2 Å². The van der Waals surface area contributed by atoms with Gasteiger partial charge >= 0.3 is 0 Å². The molecular formula is C14H14BrNO2. The molecule has 2 aromatic carbocycles. The first-order chi connectivity index (χ1) is 8.56. The fourth-order valence-electron chi connectivity index (χ4n) is 1.70. The lowest BCUT2D eigenvalue weighted by molar-refractivity contribution is 0.403. The van der Waals surface area contributed by atoms with E-state index in [0.29, 0.717) is 6.54 Å². The van der Waals surface area contributed by atoms with Crippen LogP contribution in [0.2, 0.25) is 0 Å². The van der Waals surface area contributed by atoms with Crippen LogP contribution < -0.4 is 5.32 Å². The lowest BCUT2D eigenvalue weighted by atomic mass is 10.1. The van der Waals surface area contributed by atoms with Crippen molar-refractivity contribution in [2.45, 2.75) is 13.5 Å². The lowest BCUT2D eigenvalue weighted by Crippen LogP contribution is -2.00. The van der Waals surface area contributed by atoms with Gasteiger partial charge in [-0.25, -0.2) is 0 Å². The van der Waals surface area contributed by atoms with Crippen LogP contribution in [0.5, 0.6) is 11.5 Å². The highest BCUT2D eigenvalue weighted by molar-refractivity contribution is 9.10. The molecule has 2 aromatic rings. The lowest BCUT2D eigenvalue weighted by Gasteiger charge is -2.10. The number of benzene rings is 2. The van der Waals surface area contributed by atoms with E-state index in [1.54, 1.807) is 12.1 Å². The largest absolute Gasteiger partial charge is 0.504 e. The number of anilines is 1. The molecule has 0 aliphatic carbocycles. The first kappa shape index (κ1) is 12.8. The molecule has 0 fully saturated rings. The second kappa shape index (κ2) is 5.31. The van der Waals surface area contributed by atoms with Gasteiger partial charge in [0.15, 0.2) is 11.5 Å². The number of hydrogen-bond acceptors (Lipinski definition) is 3. The Morgan fingerprint density at radius 2 is 1.83 bits per heavy atom. The maximum Gasteiger partial charge on any atom is 0.157 e. The summed E-state index contributed by atoms with van der Waals surface area (Å²) in [5, 5.41) is 21.9. The third-order valence-corrected chi connectivity index (χ3v) is 3.20. The van der Waals surface area contributed by atoms with E-state index in [1.807, 2.05) is 25.1 Å². The molecule has 0 bridgehead atoms. The highest BCUT2D eigenvalue weighted by atomic mass is 79.9. The van der Waals surface area contributed by atoms with Crippen molar-refractivity contribution < 1.29 is 10.2 Å². The van der Waals surface area contributed by atoms with Gasteiger partial charge in [0.25, 0.3) is 0 Å². The number of nitrogens with one attached hydrogen (secondary N) is 1. The van der Waals surface area contributed by atoms with Gasteiger partial charge in [0.1, 0.15) is 0 Å². The van der Waals surface area contributed by atoms with Crippen molar-refractivity contribution in [1.29, 1.82) is 0 Å². The summed E-state index contributed by atoms with van der Waals surface area (Å²) in [5.74, 6) is -0.194. The molecule has 18 heavy (non-hydrogen) atoms. The standard InChI is InChI=1S/C14H14BrNO2/c1-9-6-11(15)3-4-12(9)16-8-10-2-5-13(17)14(18)7-10/h2-7,16-18H,8H2,1H3. The summed E-state index contributed by atoms with van der Waals surface area (Å²) in [6.07, 6.45) is 0. The Morgan fingerprint density at radius 3 is 2.50 bits per heavy atom. The summed E-state index contributed by atoms with van der Waals surface area (Å²) in [5.41, 5.74) is 3.10. The smallest absolute Gasteiger partial charge is 0.157 e. The normalized spacial score (nSPS) is 10.3. The molecule has 0 atom stereocenters. The fourth-order valence-corrected chi connectivity index (χ4v) is 2.18. The van der Waals surface area contributed by atoms with Gasteiger partial charge in [-0.1, -0.05) is 22.0 Å². The van der Waals surface area contributed by atoms with Crippen LogP contribution in [0.25, 0.3) is 0 Å². The number of hydrogen-bond donors (Lipinski definition) is 3. The van der Waals surface area contributed by atoms with Crippen LogP contribution in [-0.4, -0.2) is 10.2 Å². The molecule has 0 aliphatic heterocycles. The van der Waals surface area contributed by atoms with Crippen LogP contribution in [0.3, 0.4) is 0 Å². The molecule has 0 aromatic heterocycles. The quantitative estimate of drug-likeness (QED) is 0.756. The van der Waals surface area contributed by atoms with Crippen LogP contribution in [0.4, 0.5) is 5.69 Å². The Hall–Kier alpha value is -1.68. The number of aryl methyl sites for hydroxylation is 1. The average Bonchev–Trinajstić information content (AvgIpc) is 2.32. The topological polar surface area (TPSA) is 52.5 Å². The second-order valence-corrected chi connectivity index (χ2v) is 5.05. The van der Waals surface area contributed by atoms with Crippen molar-refractivity contribution in [2.75, 3.05) is 5.32 Å². The van der Waals surface area contributed by atoms with Gasteiger partial charge in [-0.2, -0.15) is 0 Å². The van der Waals surface area contributed by atoms with Gasteiger partial charge in [-0.3, -0.25) is 0 Å². The zero-order valence-electron chi connectivity index (χ0n) is 9.94. The minimum absolute atomic E-state index is 0.0955. The first-order valence-electron chi connectivity index (χ1n) is 5.57. The number of aromatic hydroxyl groups is 2. The Morgan fingerprint density at radius 1 is 1.06 bits per heavy atom.